The molecule has 2 atom stereocenters. The number of aromatic nitrogens is 1. The van der Waals surface area contributed by atoms with Crippen molar-refractivity contribution >= 4 is 22.5 Å². The zero-order chi connectivity index (χ0) is 24.9. The molecule has 2 N–H and O–H groups in total. The van der Waals surface area contributed by atoms with Gasteiger partial charge in [-0.05, 0) is 48.9 Å². The fourth-order valence-electron chi connectivity index (χ4n) is 4.83. The highest BCUT2D eigenvalue weighted by Crippen LogP contribution is 2.26. The summed E-state index contributed by atoms with van der Waals surface area (Å²) in [6, 6.07) is 17.7. The molecule has 0 spiro atoms. The summed E-state index contributed by atoms with van der Waals surface area (Å²) in [6.07, 6.45) is 0.415. The largest absolute Gasteiger partial charge is 0.489 e. The SMILES string of the molecule is Cc1cc(COc2ccc(C3=NOC(C(CC(=O)NO)N4CCOCC4)C3)cc2)c2ccccc2n1. The number of para-hydroxylation sites is 1. The molecule has 2 aromatic carbocycles. The first-order valence-corrected chi connectivity index (χ1v) is 12.2. The van der Waals surface area contributed by atoms with Crippen molar-refractivity contribution in [3.05, 3.63) is 71.4 Å². The quantitative estimate of drug-likeness (QED) is 0.369. The van der Waals surface area contributed by atoms with Crippen LogP contribution in [0, 0.1) is 6.92 Å². The van der Waals surface area contributed by atoms with Crippen LogP contribution in [0.3, 0.4) is 0 Å². The summed E-state index contributed by atoms with van der Waals surface area (Å²) in [6.45, 7) is 5.06. The molecule has 0 radical (unpaired) electrons. The number of benzene rings is 2. The van der Waals surface area contributed by atoms with Crippen molar-refractivity contribution in [3.63, 3.8) is 0 Å². The molecule has 1 amide bonds. The monoisotopic (exact) mass is 490 g/mol. The molecular formula is C27H30N4O5. The molecule has 188 valence electrons. The first-order valence-electron chi connectivity index (χ1n) is 12.2. The molecule has 36 heavy (non-hydrogen) atoms. The summed E-state index contributed by atoms with van der Waals surface area (Å²) in [7, 11) is 0. The van der Waals surface area contributed by atoms with E-state index < -0.39 is 5.91 Å². The van der Waals surface area contributed by atoms with Crippen LogP contribution >= 0.6 is 0 Å². The van der Waals surface area contributed by atoms with E-state index in [2.05, 4.69) is 27.2 Å². The second kappa shape index (κ2) is 11.0. The van der Waals surface area contributed by atoms with Gasteiger partial charge in [0.2, 0.25) is 5.91 Å². The molecule has 1 aromatic heterocycles. The van der Waals surface area contributed by atoms with Crippen LogP contribution in [0.5, 0.6) is 5.75 Å². The van der Waals surface area contributed by atoms with Crippen molar-refractivity contribution in [2.24, 2.45) is 5.16 Å². The Balaban J connectivity index is 1.23. The van der Waals surface area contributed by atoms with E-state index in [1.54, 1.807) is 5.48 Å². The number of carbonyl (C=O) groups is 1. The number of aryl methyl sites for hydroxylation is 1. The molecule has 5 rings (SSSR count). The van der Waals surface area contributed by atoms with E-state index in [1.165, 1.54) is 0 Å². The van der Waals surface area contributed by atoms with E-state index in [4.69, 9.17) is 19.5 Å². The van der Waals surface area contributed by atoms with Crippen LogP contribution in [-0.2, 0) is 21.0 Å². The molecule has 1 fully saturated rings. The average molecular weight is 491 g/mol. The van der Waals surface area contributed by atoms with Gasteiger partial charge in [0.1, 0.15) is 18.5 Å². The number of carbonyl (C=O) groups excluding carboxylic acids is 1. The number of hydrogen-bond donors (Lipinski definition) is 2. The zero-order valence-electron chi connectivity index (χ0n) is 20.2. The number of oxime groups is 1. The van der Waals surface area contributed by atoms with E-state index in [9.17, 15) is 4.79 Å². The molecule has 2 aliphatic rings. The molecule has 2 aliphatic heterocycles. The number of pyridine rings is 1. The number of hydroxylamine groups is 1. The lowest BCUT2D eigenvalue weighted by atomic mass is 9.97. The van der Waals surface area contributed by atoms with Crippen LogP contribution < -0.4 is 10.2 Å². The number of nitrogens with zero attached hydrogens (tertiary/aromatic N) is 3. The summed E-state index contributed by atoms with van der Waals surface area (Å²) >= 11 is 0. The topological polar surface area (TPSA) is 106 Å². The number of amides is 1. The Morgan fingerprint density at radius 3 is 2.75 bits per heavy atom. The minimum atomic E-state index is -0.442. The summed E-state index contributed by atoms with van der Waals surface area (Å²) in [5.41, 5.74) is 6.53. The number of fused-ring (bicyclic) bond motifs is 1. The average Bonchev–Trinajstić information content (AvgIpc) is 3.41. The van der Waals surface area contributed by atoms with Gasteiger partial charge in [-0.2, -0.15) is 0 Å². The highest BCUT2D eigenvalue weighted by atomic mass is 16.6. The lowest BCUT2D eigenvalue weighted by Gasteiger charge is -2.36. The molecular weight excluding hydrogens is 460 g/mol. The third-order valence-corrected chi connectivity index (χ3v) is 6.67. The third kappa shape index (κ3) is 5.48. The molecule has 0 saturated carbocycles. The van der Waals surface area contributed by atoms with Gasteiger partial charge in [0.05, 0.1) is 30.5 Å². The Hall–Kier alpha value is -3.53. The first kappa shape index (κ1) is 24.2. The fourth-order valence-corrected chi connectivity index (χ4v) is 4.83. The summed E-state index contributed by atoms with van der Waals surface area (Å²) in [5, 5.41) is 14.4. The van der Waals surface area contributed by atoms with Crippen LogP contribution in [-0.4, -0.2) is 65.2 Å². The summed E-state index contributed by atoms with van der Waals surface area (Å²) in [4.78, 5) is 24.5. The number of rotatable bonds is 8. The van der Waals surface area contributed by atoms with Crippen LogP contribution in [0.25, 0.3) is 10.9 Å². The van der Waals surface area contributed by atoms with Gasteiger partial charge in [-0.15, -0.1) is 0 Å². The second-order valence-corrected chi connectivity index (χ2v) is 9.09. The molecule has 9 nitrogen and oxygen atoms in total. The molecule has 3 aromatic rings. The predicted octanol–water partition coefficient (Wildman–Crippen LogP) is 3.21. The smallest absolute Gasteiger partial charge is 0.245 e. The standard InChI is InChI=1S/C27H30N4O5/c1-18-14-20(22-4-2-3-5-23(22)28-18)17-35-21-8-6-19(7-9-21)24-15-26(36-30-24)25(16-27(32)29-33)31-10-12-34-13-11-31/h2-9,14,25-26,33H,10-13,15-17H2,1H3,(H,29,32). The highest BCUT2D eigenvalue weighted by molar-refractivity contribution is 6.01. The van der Waals surface area contributed by atoms with Crippen molar-refractivity contribution < 1.29 is 24.3 Å². The van der Waals surface area contributed by atoms with E-state index in [-0.39, 0.29) is 18.6 Å². The van der Waals surface area contributed by atoms with Gasteiger partial charge in [0, 0.05) is 42.6 Å². The Morgan fingerprint density at radius 2 is 1.97 bits per heavy atom. The number of hydrogen-bond acceptors (Lipinski definition) is 8. The fraction of sp³-hybridized carbons (Fsp3) is 0.370. The molecule has 2 unspecified atom stereocenters. The van der Waals surface area contributed by atoms with Crippen molar-refractivity contribution in [2.75, 3.05) is 26.3 Å². The Labute approximate surface area is 209 Å². The third-order valence-electron chi connectivity index (χ3n) is 6.67. The highest BCUT2D eigenvalue weighted by Gasteiger charge is 2.36. The van der Waals surface area contributed by atoms with Crippen LogP contribution in [0.1, 0.15) is 29.7 Å². The van der Waals surface area contributed by atoms with Crippen molar-refractivity contribution in [1.82, 2.24) is 15.4 Å². The Kier molecular flexibility index (Phi) is 7.41. The Morgan fingerprint density at radius 1 is 1.19 bits per heavy atom. The summed E-state index contributed by atoms with van der Waals surface area (Å²) < 4.78 is 11.5. The lowest BCUT2D eigenvalue weighted by molar-refractivity contribution is -0.133. The number of morpholine rings is 1. The number of ether oxygens (including phenoxy) is 2. The van der Waals surface area contributed by atoms with Gasteiger partial charge in [-0.25, -0.2) is 5.48 Å². The van der Waals surface area contributed by atoms with Crippen molar-refractivity contribution in [1.29, 1.82) is 0 Å². The lowest BCUT2D eigenvalue weighted by Crippen LogP contribution is -2.50. The molecule has 0 aliphatic carbocycles. The second-order valence-electron chi connectivity index (χ2n) is 9.09. The van der Waals surface area contributed by atoms with Crippen molar-refractivity contribution in [3.8, 4) is 5.75 Å². The van der Waals surface area contributed by atoms with Gasteiger partial charge in [0.15, 0.2) is 0 Å². The van der Waals surface area contributed by atoms with E-state index in [0.717, 1.165) is 39.2 Å². The van der Waals surface area contributed by atoms with Gasteiger partial charge in [-0.3, -0.25) is 19.9 Å². The molecule has 1 saturated heterocycles. The van der Waals surface area contributed by atoms with E-state index in [1.807, 2.05) is 49.4 Å². The maximum Gasteiger partial charge on any atom is 0.245 e. The van der Waals surface area contributed by atoms with Gasteiger partial charge >= 0.3 is 0 Å². The zero-order valence-corrected chi connectivity index (χ0v) is 20.2. The Bertz CT molecular complexity index is 1240. The number of nitrogens with one attached hydrogen (secondary N) is 1. The molecule has 0 bridgehead atoms. The first-order chi connectivity index (χ1) is 17.6. The van der Waals surface area contributed by atoms with Gasteiger partial charge in [0.25, 0.3) is 0 Å². The van der Waals surface area contributed by atoms with E-state index >= 15 is 0 Å². The maximum absolute atomic E-state index is 11.9. The van der Waals surface area contributed by atoms with Crippen LogP contribution in [0.2, 0.25) is 0 Å². The minimum absolute atomic E-state index is 0.125. The van der Waals surface area contributed by atoms with E-state index in [0.29, 0.717) is 39.3 Å². The normalized spacial score (nSPS) is 18.9. The maximum atomic E-state index is 11.9. The van der Waals surface area contributed by atoms with Crippen LogP contribution in [0.15, 0.2) is 59.8 Å². The van der Waals surface area contributed by atoms with Gasteiger partial charge < -0.3 is 14.3 Å². The molecule has 9 heteroatoms. The minimum Gasteiger partial charge on any atom is -0.489 e. The van der Waals surface area contributed by atoms with Crippen LogP contribution in [0.4, 0.5) is 0 Å². The van der Waals surface area contributed by atoms with Gasteiger partial charge in [-0.1, -0.05) is 23.4 Å². The predicted molar refractivity (Wildman–Crippen MR) is 134 cm³/mol. The van der Waals surface area contributed by atoms with Crippen molar-refractivity contribution in [2.45, 2.75) is 38.5 Å². The molecule has 3 heterocycles. The summed E-state index contributed by atoms with van der Waals surface area (Å²) in [5.74, 6) is 0.321.